The molecule has 0 atom stereocenters. The number of aromatic nitrogens is 3. The number of nitrogens with zero attached hydrogens (tertiary/aromatic N) is 3. The Morgan fingerprint density at radius 3 is 2.29 bits per heavy atom. The van der Waals surface area contributed by atoms with E-state index in [1.165, 1.54) is 41.2 Å². The second kappa shape index (κ2) is 10.1. The molecule has 38 heavy (non-hydrogen) atoms. The molecule has 2 aromatic carbocycles. The van der Waals surface area contributed by atoms with Gasteiger partial charge in [-0.05, 0) is 42.5 Å². The van der Waals surface area contributed by atoms with Crippen molar-refractivity contribution in [3.63, 3.8) is 0 Å². The molecule has 0 aliphatic rings. The SMILES string of the molecule is CC(C)(C)c1cc(NC(=O)Nc2ccc(Oc3ccnc(N)c3)cc2F)n(-c2ccc(S(C)(=O)=O)cc2)n1. The highest BCUT2D eigenvalue weighted by Crippen LogP contribution is 2.28. The highest BCUT2D eigenvalue weighted by Gasteiger charge is 2.22. The summed E-state index contributed by atoms with van der Waals surface area (Å²) in [6.45, 7) is 5.90. The van der Waals surface area contributed by atoms with Crippen molar-refractivity contribution in [1.29, 1.82) is 0 Å². The Morgan fingerprint density at radius 2 is 1.68 bits per heavy atom. The fraction of sp³-hybridized carbons (Fsp3) is 0.192. The minimum atomic E-state index is -3.37. The van der Waals surface area contributed by atoms with Crippen molar-refractivity contribution in [2.24, 2.45) is 0 Å². The summed E-state index contributed by atoms with van der Waals surface area (Å²) >= 11 is 0. The number of carbonyl (C=O) groups is 1. The number of hydrogen-bond donors (Lipinski definition) is 3. The normalized spacial score (nSPS) is 11.7. The van der Waals surface area contributed by atoms with E-state index >= 15 is 0 Å². The summed E-state index contributed by atoms with van der Waals surface area (Å²) in [5, 5.41) is 9.78. The minimum absolute atomic E-state index is 0.0660. The quantitative estimate of drug-likeness (QED) is 0.309. The van der Waals surface area contributed by atoms with Crippen molar-refractivity contribution < 1.29 is 22.3 Å². The number of halogens is 1. The Bertz CT molecular complexity index is 1590. The van der Waals surface area contributed by atoms with Crippen LogP contribution in [0.4, 0.5) is 26.5 Å². The molecule has 0 aliphatic heterocycles. The molecule has 0 fully saturated rings. The van der Waals surface area contributed by atoms with Crippen LogP contribution in [0.1, 0.15) is 26.5 Å². The van der Waals surface area contributed by atoms with Crippen LogP contribution in [0.15, 0.2) is 71.8 Å². The van der Waals surface area contributed by atoms with E-state index in [1.807, 2.05) is 20.8 Å². The number of pyridine rings is 1. The Labute approximate surface area is 219 Å². The van der Waals surface area contributed by atoms with Gasteiger partial charge in [0.15, 0.2) is 9.84 Å². The lowest BCUT2D eigenvalue weighted by Crippen LogP contribution is -2.22. The molecule has 0 aliphatic carbocycles. The zero-order valence-corrected chi connectivity index (χ0v) is 22.0. The number of nitrogens with two attached hydrogens (primary N) is 1. The molecule has 4 rings (SSSR count). The maximum Gasteiger partial charge on any atom is 0.324 e. The number of sulfone groups is 1. The third-order valence-electron chi connectivity index (χ3n) is 5.41. The molecule has 12 heteroatoms. The van der Waals surface area contributed by atoms with Crippen molar-refractivity contribution >= 4 is 33.2 Å². The molecule has 2 amide bonds. The number of rotatable bonds is 6. The fourth-order valence-electron chi connectivity index (χ4n) is 3.43. The number of nitrogens with one attached hydrogen (secondary N) is 2. The summed E-state index contributed by atoms with van der Waals surface area (Å²) in [7, 11) is -3.37. The molecule has 4 N–H and O–H groups in total. The summed E-state index contributed by atoms with van der Waals surface area (Å²) in [6.07, 6.45) is 2.59. The van der Waals surface area contributed by atoms with Crippen LogP contribution in [0.5, 0.6) is 11.5 Å². The van der Waals surface area contributed by atoms with Gasteiger partial charge in [-0.1, -0.05) is 20.8 Å². The number of anilines is 3. The molecule has 198 valence electrons. The van der Waals surface area contributed by atoms with Crippen LogP contribution < -0.4 is 21.1 Å². The van der Waals surface area contributed by atoms with Crippen LogP contribution in [0, 0.1) is 5.82 Å². The zero-order chi connectivity index (χ0) is 27.7. The fourth-order valence-corrected chi connectivity index (χ4v) is 4.06. The predicted octanol–water partition coefficient (Wildman–Crippen LogP) is 5.13. The third-order valence-corrected chi connectivity index (χ3v) is 6.53. The van der Waals surface area contributed by atoms with E-state index in [1.54, 1.807) is 24.3 Å². The molecule has 0 spiro atoms. The molecule has 0 saturated carbocycles. The summed E-state index contributed by atoms with van der Waals surface area (Å²) in [6, 6.07) is 14.2. The van der Waals surface area contributed by atoms with Crippen LogP contribution in [-0.4, -0.2) is 35.5 Å². The van der Waals surface area contributed by atoms with Crippen LogP contribution in [0.2, 0.25) is 0 Å². The van der Waals surface area contributed by atoms with Gasteiger partial charge in [0.2, 0.25) is 0 Å². The molecular formula is C26H27FN6O4S. The number of hydrogen-bond acceptors (Lipinski definition) is 7. The van der Waals surface area contributed by atoms with E-state index < -0.39 is 21.7 Å². The van der Waals surface area contributed by atoms with Gasteiger partial charge in [0.25, 0.3) is 0 Å². The molecule has 2 aromatic heterocycles. The zero-order valence-electron chi connectivity index (χ0n) is 21.2. The van der Waals surface area contributed by atoms with Gasteiger partial charge in [-0.15, -0.1) is 0 Å². The Hall–Kier alpha value is -4.45. The highest BCUT2D eigenvalue weighted by atomic mass is 32.2. The molecule has 0 radical (unpaired) electrons. The first kappa shape index (κ1) is 26.6. The first-order valence-electron chi connectivity index (χ1n) is 11.5. The smallest absolute Gasteiger partial charge is 0.324 e. The number of amides is 2. The van der Waals surface area contributed by atoms with Gasteiger partial charge < -0.3 is 15.8 Å². The Balaban J connectivity index is 1.54. The van der Waals surface area contributed by atoms with E-state index in [9.17, 15) is 17.6 Å². The summed E-state index contributed by atoms with van der Waals surface area (Å²) < 4.78 is 45.5. The number of urea groups is 1. The molecule has 0 saturated heterocycles. The average molecular weight is 539 g/mol. The van der Waals surface area contributed by atoms with Gasteiger partial charge >= 0.3 is 6.03 Å². The second-order valence-corrected chi connectivity index (χ2v) is 11.6. The molecule has 0 bridgehead atoms. The monoisotopic (exact) mass is 538 g/mol. The Morgan fingerprint density at radius 1 is 1.00 bits per heavy atom. The summed E-state index contributed by atoms with van der Waals surface area (Å²) in [4.78, 5) is 16.8. The number of carbonyl (C=O) groups excluding carboxylic acids is 1. The van der Waals surface area contributed by atoms with Crippen molar-refractivity contribution in [1.82, 2.24) is 14.8 Å². The van der Waals surface area contributed by atoms with Gasteiger partial charge in [0.1, 0.15) is 29.0 Å². The highest BCUT2D eigenvalue weighted by molar-refractivity contribution is 7.90. The topological polar surface area (TPSA) is 141 Å². The van der Waals surface area contributed by atoms with Crippen molar-refractivity contribution in [2.75, 3.05) is 22.6 Å². The average Bonchev–Trinajstić information content (AvgIpc) is 3.25. The van der Waals surface area contributed by atoms with Crippen LogP contribution in [0.25, 0.3) is 5.69 Å². The van der Waals surface area contributed by atoms with E-state index in [0.29, 0.717) is 22.9 Å². The van der Waals surface area contributed by atoms with Gasteiger partial charge in [-0.3, -0.25) is 5.32 Å². The third kappa shape index (κ3) is 6.27. The summed E-state index contributed by atoms with van der Waals surface area (Å²) in [5.41, 5.74) is 6.44. The molecule has 0 unspecified atom stereocenters. The lowest BCUT2D eigenvalue weighted by molar-refractivity contribution is 0.262. The van der Waals surface area contributed by atoms with Gasteiger partial charge in [0.05, 0.1) is 22.0 Å². The van der Waals surface area contributed by atoms with E-state index in [0.717, 1.165) is 12.3 Å². The van der Waals surface area contributed by atoms with Crippen LogP contribution in [0.3, 0.4) is 0 Å². The lowest BCUT2D eigenvalue weighted by atomic mass is 9.92. The van der Waals surface area contributed by atoms with E-state index in [-0.39, 0.29) is 27.6 Å². The van der Waals surface area contributed by atoms with Gasteiger partial charge in [0, 0.05) is 36.1 Å². The first-order chi connectivity index (χ1) is 17.8. The van der Waals surface area contributed by atoms with Crippen LogP contribution in [-0.2, 0) is 15.3 Å². The minimum Gasteiger partial charge on any atom is -0.457 e. The van der Waals surface area contributed by atoms with Gasteiger partial charge in [-0.2, -0.15) is 5.10 Å². The lowest BCUT2D eigenvalue weighted by Gasteiger charge is -2.14. The number of ether oxygens (including phenoxy) is 1. The van der Waals surface area contributed by atoms with Crippen LogP contribution >= 0.6 is 0 Å². The maximum absolute atomic E-state index is 14.7. The molecule has 10 nitrogen and oxygen atoms in total. The number of nitrogen functional groups attached to an aromatic ring is 1. The largest absolute Gasteiger partial charge is 0.457 e. The Kier molecular flexibility index (Phi) is 7.09. The second-order valence-electron chi connectivity index (χ2n) is 9.58. The van der Waals surface area contributed by atoms with Crippen molar-refractivity contribution in [3.8, 4) is 17.2 Å². The predicted molar refractivity (Wildman–Crippen MR) is 143 cm³/mol. The molecule has 4 aromatic rings. The van der Waals surface area contributed by atoms with Crippen molar-refractivity contribution in [2.45, 2.75) is 31.1 Å². The standard InChI is InChI=1S/C26H27FN6O4S/c1-26(2,3)22-15-24(33(32-22)16-5-8-19(9-6-16)38(4,35)36)31-25(34)30-21-10-7-17(13-20(21)27)37-18-11-12-29-23(28)14-18/h5-15H,1-4H3,(H2,28,29)(H2,30,31,34). The summed E-state index contributed by atoms with van der Waals surface area (Å²) in [5.74, 6) is 0.473. The number of benzene rings is 2. The molecular weight excluding hydrogens is 511 g/mol. The van der Waals surface area contributed by atoms with E-state index in [2.05, 4.69) is 20.7 Å². The van der Waals surface area contributed by atoms with Crippen molar-refractivity contribution in [3.05, 3.63) is 78.4 Å². The first-order valence-corrected chi connectivity index (χ1v) is 13.4. The van der Waals surface area contributed by atoms with E-state index in [4.69, 9.17) is 10.5 Å². The maximum atomic E-state index is 14.7. The molecule has 2 heterocycles. The van der Waals surface area contributed by atoms with Gasteiger partial charge in [-0.25, -0.2) is 27.3 Å².